The molecule has 6 nitrogen and oxygen atoms in total. The molecule has 2 rings (SSSR count). The number of nitrogens with two attached hydrogens (primary N) is 2. The van der Waals surface area contributed by atoms with Crippen molar-refractivity contribution in [3.05, 3.63) is 48.3 Å². The molecule has 0 amide bonds. The topological polar surface area (TPSA) is 90.9 Å². The molecule has 0 atom stereocenters. The van der Waals surface area contributed by atoms with Crippen LogP contribution < -0.4 is 16.2 Å². The van der Waals surface area contributed by atoms with E-state index < -0.39 is 0 Å². The maximum absolute atomic E-state index is 5.31. The summed E-state index contributed by atoms with van der Waals surface area (Å²) in [5, 5.41) is 7.36. The molecule has 6 heteroatoms. The van der Waals surface area contributed by atoms with Crippen LogP contribution in [0.5, 0.6) is 5.75 Å². The van der Waals surface area contributed by atoms with E-state index in [1.165, 1.54) is 0 Å². The smallest absolute Gasteiger partial charge is 0.211 e. The quantitative estimate of drug-likeness (QED) is 0.480. The fourth-order valence-corrected chi connectivity index (χ4v) is 1.99. The van der Waals surface area contributed by atoms with Crippen LogP contribution in [0.2, 0.25) is 0 Å². The number of nitrogens with zero attached hydrogens (tertiary/aromatic N) is 3. The zero-order chi connectivity index (χ0) is 15.1. The van der Waals surface area contributed by atoms with Crippen molar-refractivity contribution in [1.29, 1.82) is 0 Å². The van der Waals surface area contributed by atoms with Crippen LogP contribution in [0.1, 0.15) is 12.1 Å². The number of hydrogen-bond donors (Lipinski definition) is 2. The largest absolute Gasteiger partial charge is 0.495 e. The van der Waals surface area contributed by atoms with Crippen LogP contribution in [0.15, 0.2) is 52.8 Å². The summed E-state index contributed by atoms with van der Waals surface area (Å²) in [4.78, 5) is 0. The van der Waals surface area contributed by atoms with Crippen molar-refractivity contribution < 1.29 is 4.74 Å². The lowest BCUT2D eigenvalue weighted by atomic mass is 10.2. The predicted octanol–water partition coefficient (Wildman–Crippen LogP) is 1.68. The van der Waals surface area contributed by atoms with Crippen molar-refractivity contribution in [2.24, 2.45) is 21.7 Å². The second kappa shape index (κ2) is 7.14. The molecule has 1 heterocycles. The lowest BCUT2D eigenvalue weighted by Gasteiger charge is -2.07. The van der Waals surface area contributed by atoms with Gasteiger partial charge in [0.2, 0.25) is 5.96 Å². The number of benzene rings is 1. The zero-order valence-electron chi connectivity index (χ0n) is 11.9. The van der Waals surface area contributed by atoms with Crippen LogP contribution in [-0.2, 0) is 6.42 Å². The van der Waals surface area contributed by atoms with Gasteiger partial charge >= 0.3 is 0 Å². The van der Waals surface area contributed by atoms with Crippen LogP contribution in [0.4, 0.5) is 0 Å². The van der Waals surface area contributed by atoms with Crippen LogP contribution in [-0.4, -0.2) is 23.9 Å². The monoisotopic (exact) mass is 285 g/mol. The molecule has 0 spiro atoms. The summed E-state index contributed by atoms with van der Waals surface area (Å²) in [6.07, 6.45) is 5.20. The second-order valence-electron chi connectivity index (χ2n) is 4.44. The van der Waals surface area contributed by atoms with Crippen molar-refractivity contribution in [1.82, 2.24) is 4.57 Å². The predicted molar refractivity (Wildman–Crippen MR) is 84.9 cm³/mol. The Morgan fingerprint density at radius 1 is 1.29 bits per heavy atom. The third-order valence-corrected chi connectivity index (χ3v) is 2.93. The van der Waals surface area contributed by atoms with Gasteiger partial charge in [-0.2, -0.15) is 5.10 Å². The average molecular weight is 285 g/mol. The Labute approximate surface area is 123 Å². The Bertz CT molecular complexity index is 627. The van der Waals surface area contributed by atoms with E-state index in [2.05, 4.69) is 26.9 Å². The molecule has 0 fully saturated rings. The zero-order valence-corrected chi connectivity index (χ0v) is 11.9. The number of ether oxygens (including phenoxy) is 1. The molecule has 0 saturated heterocycles. The molecule has 0 aliphatic heterocycles. The molecule has 0 aliphatic carbocycles. The van der Waals surface area contributed by atoms with E-state index >= 15 is 0 Å². The van der Waals surface area contributed by atoms with Crippen molar-refractivity contribution in [2.75, 3.05) is 7.11 Å². The summed E-state index contributed by atoms with van der Waals surface area (Å²) in [7, 11) is 1.66. The third kappa shape index (κ3) is 4.10. The molecule has 110 valence electrons. The summed E-state index contributed by atoms with van der Waals surface area (Å²) in [5.74, 6) is 0.788. The number of hydrogen-bond acceptors (Lipinski definition) is 3. The molecule has 1 aromatic heterocycles. The van der Waals surface area contributed by atoms with Gasteiger partial charge in [-0.05, 0) is 25.0 Å². The number of para-hydroxylation sites is 1. The maximum atomic E-state index is 5.31. The van der Waals surface area contributed by atoms with Gasteiger partial charge in [-0.1, -0.05) is 18.2 Å². The van der Waals surface area contributed by atoms with E-state index in [1.54, 1.807) is 13.3 Å². The molecule has 0 aliphatic rings. The van der Waals surface area contributed by atoms with Crippen molar-refractivity contribution in [2.45, 2.75) is 12.8 Å². The van der Waals surface area contributed by atoms with Gasteiger partial charge in [0, 0.05) is 23.7 Å². The molecule has 1 aromatic carbocycles. The van der Waals surface area contributed by atoms with E-state index in [9.17, 15) is 0 Å². The van der Waals surface area contributed by atoms with E-state index in [-0.39, 0.29) is 5.96 Å². The van der Waals surface area contributed by atoms with E-state index in [0.29, 0.717) is 0 Å². The Morgan fingerprint density at radius 2 is 2.05 bits per heavy atom. The molecule has 21 heavy (non-hydrogen) atoms. The minimum Gasteiger partial charge on any atom is -0.495 e. The van der Waals surface area contributed by atoms with Gasteiger partial charge < -0.3 is 20.8 Å². The molecule has 0 unspecified atom stereocenters. The van der Waals surface area contributed by atoms with Gasteiger partial charge in [-0.25, -0.2) is 0 Å². The SMILES string of the molecule is COc1cc(CCC=NN=C(N)N)n(-c2ccccc2)c1. The summed E-state index contributed by atoms with van der Waals surface area (Å²) in [6.45, 7) is 0. The first-order valence-corrected chi connectivity index (χ1v) is 6.62. The third-order valence-electron chi connectivity index (χ3n) is 2.93. The molecule has 4 N–H and O–H groups in total. The van der Waals surface area contributed by atoms with E-state index in [1.807, 2.05) is 30.5 Å². The molecule has 2 aromatic rings. The van der Waals surface area contributed by atoms with Gasteiger partial charge in [0.1, 0.15) is 5.75 Å². The van der Waals surface area contributed by atoms with Crippen molar-refractivity contribution in [3.8, 4) is 11.4 Å². The lowest BCUT2D eigenvalue weighted by molar-refractivity contribution is 0.415. The molecular formula is C15H19N5O. The maximum Gasteiger partial charge on any atom is 0.211 e. The number of aryl methyl sites for hydroxylation is 1. The minimum atomic E-state index is -0.0411. The van der Waals surface area contributed by atoms with Gasteiger partial charge in [0.15, 0.2) is 0 Å². The first kappa shape index (κ1) is 14.6. The van der Waals surface area contributed by atoms with Crippen LogP contribution in [0, 0.1) is 0 Å². The van der Waals surface area contributed by atoms with Gasteiger partial charge in [0.25, 0.3) is 0 Å². The summed E-state index contributed by atoms with van der Waals surface area (Å²) < 4.78 is 7.41. The van der Waals surface area contributed by atoms with Crippen molar-refractivity contribution >= 4 is 12.2 Å². The highest BCUT2D eigenvalue weighted by atomic mass is 16.5. The first-order chi connectivity index (χ1) is 10.2. The number of guanidine groups is 1. The van der Waals surface area contributed by atoms with Gasteiger partial charge in [-0.15, -0.1) is 5.10 Å². The number of rotatable bonds is 6. The average Bonchev–Trinajstić information content (AvgIpc) is 2.91. The highest BCUT2D eigenvalue weighted by Gasteiger charge is 2.07. The molecule has 0 bridgehead atoms. The Balaban J connectivity index is 2.13. The second-order valence-corrected chi connectivity index (χ2v) is 4.44. The Morgan fingerprint density at radius 3 is 2.71 bits per heavy atom. The molecular weight excluding hydrogens is 266 g/mol. The van der Waals surface area contributed by atoms with Crippen molar-refractivity contribution in [3.63, 3.8) is 0 Å². The van der Waals surface area contributed by atoms with Crippen LogP contribution >= 0.6 is 0 Å². The summed E-state index contributed by atoms with van der Waals surface area (Å²) in [5.41, 5.74) is 12.6. The number of aromatic nitrogens is 1. The Kier molecular flexibility index (Phi) is 4.98. The Hall–Kier alpha value is -2.76. The first-order valence-electron chi connectivity index (χ1n) is 6.62. The normalized spacial score (nSPS) is 10.7. The number of methoxy groups -OCH3 is 1. The fourth-order valence-electron chi connectivity index (χ4n) is 1.99. The van der Waals surface area contributed by atoms with Gasteiger partial charge in [0.05, 0.1) is 13.3 Å². The van der Waals surface area contributed by atoms with E-state index in [4.69, 9.17) is 16.2 Å². The summed E-state index contributed by atoms with van der Waals surface area (Å²) in [6, 6.07) is 12.1. The minimum absolute atomic E-state index is 0.0411. The fraction of sp³-hybridized carbons (Fsp3) is 0.200. The van der Waals surface area contributed by atoms with Crippen LogP contribution in [0.3, 0.4) is 0 Å². The lowest BCUT2D eigenvalue weighted by Crippen LogP contribution is -2.21. The highest BCUT2D eigenvalue weighted by molar-refractivity contribution is 5.76. The van der Waals surface area contributed by atoms with Gasteiger partial charge in [-0.3, -0.25) is 0 Å². The highest BCUT2D eigenvalue weighted by Crippen LogP contribution is 2.21. The summed E-state index contributed by atoms with van der Waals surface area (Å²) >= 11 is 0. The van der Waals surface area contributed by atoms with Crippen LogP contribution in [0.25, 0.3) is 5.69 Å². The van der Waals surface area contributed by atoms with E-state index in [0.717, 1.165) is 30.0 Å². The standard InChI is InChI=1S/C15H19N5O/c1-21-14-10-13(8-5-9-18-19-15(16)17)20(11-14)12-6-3-2-4-7-12/h2-4,6-7,9-11H,5,8H2,1H3,(H4,16,17,19). The molecule has 0 radical (unpaired) electrons. The molecule has 0 saturated carbocycles.